The minimum Gasteiger partial charge on any atom is -0.0622 e. The molecule has 11 aromatic rings. The summed E-state index contributed by atoms with van der Waals surface area (Å²) >= 11 is 0. The van der Waals surface area contributed by atoms with E-state index in [1.165, 1.54) is 132 Å². The maximum Gasteiger partial charge on any atom is -0.000115 e. The molecule has 0 aromatic heterocycles. The Bertz CT molecular complexity index is 3770. The number of hydrogen-bond acceptors (Lipinski definition) is 0. The van der Waals surface area contributed by atoms with Crippen LogP contribution < -0.4 is 0 Å². The van der Waals surface area contributed by atoms with Crippen LogP contribution in [0.2, 0.25) is 0 Å². The van der Waals surface area contributed by atoms with Gasteiger partial charge in [0.2, 0.25) is 0 Å². The van der Waals surface area contributed by atoms with Crippen LogP contribution in [-0.4, -0.2) is 0 Å². The zero-order chi connectivity index (χ0) is 42.1. The summed E-state index contributed by atoms with van der Waals surface area (Å²) in [7, 11) is 0. The topological polar surface area (TPSA) is 0 Å². The SMILES string of the molecule is c1ccc(C2=C(c3ccccc3)C(c3cccc4c3ccc3ccccc34)=C3C2=C(c2cccc4c2ccc2ccccc24)c2cc(-c4ccccc4)c(-c4ccccc4)cc23)cc1. The van der Waals surface area contributed by atoms with Crippen LogP contribution in [0.5, 0.6) is 0 Å². The van der Waals surface area contributed by atoms with Crippen molar-refractivity contribution < 1.29 is 0 Å². The van der Waals surface area contributed by atoms with Gasteiger partial charge in [-0.05, 0) is 144 Å². The monoisotopic (exact) mass is 808 g/mol. The fourth-order valence-corrected chi connectivity index (χ4v) is 10.9. The third-order valence-corrected chi connectivity index (χ3v) is 13.6. The molecule has 0 heteroatoms. The second kappa shape index (κ2) is 14.7. The summed E-state index contributed by atoms with van der Waals surface area (Å²) in [6.07, 6.45) is 0. The van der Waals surface area contributed by atoms with Crippen LogP contribution >= 0.6 is 0 Å². The summed E-state index contributed by atoms with van der Waals surface area (Å²) in [6, 6.07) is 90.0. The molecule has 0 nitrogen and oxygen atoms in total. The lowest BCUT2D eigenvalue weighted by molar-refractivity contribution is 1.53. The van der Waals surface area contributed by atoms with E-state index in [1.807, 2.05) is 0 Å². The van der Waals surface area contributed by atoms with Crippen molar-refractivity contribution in [2.24, 2.45) is 0 Å². The number of allylic oxidation sites excluding steroid dienone is 5. The van der Waals surface area contributed by atoms with Crippen LogP contribution in [0, 0.1) is 0 Å². The Morgan fingerprint density at radius 2 is 0.516 bits per heavy atom. The molecule has 64 heavy (non-hydrogen) atoms. The molecule has 0 unspecified atom stereocenters. The molecule has 2 aliphatic rings. The predicted octanol–water partition coefficient (Wildman–Crippen LogP) is 17.0. The molecule has 0 N–H and O–H groups in total. The molecule has 0 amide bonds. The molecular formula is C64H40. The van der Waals surface area contributed by atoms with Crippen LogP contribution in [0.25, 0.3) is 93.2 Å². The van der Waals surface area contributed by atoms with Crippen LogP contribution in [0.1, 0.15) is 33.4 Å². The molecule has 0 radical (unpaired) electrons. The second-order valence-corrected chi connectivity index (χ2v) is 17.0. The highest BCUT2D eigenvalue weighted by atomic mass is 14.4. The number of benzene rings is 11. The molecule has 0 heterocycles. The molecular weight excluding hydrogens is 769 g/mol. The second-order valence-electron chi connectivity index (χ2n) is 17.0. The van der Waals surface area contributed by atoms with Crippen LogP contribution in [-0.2, 0) is 0 Å². The van der Waals surface area contributed by atoms with Gasteiger partial charge in [-0.15, -0.1) is 0 Å². The average Bonchev–Trinajstić information content (AvgIpc) is 3.88. The highest BCUT2D eigenvalue weighted by molar-refractivity contribution is 6.41. The highest BCUT2D eigenvalue weighted by Gasteiger charge is 2.41. The molecule has 0 aliphatic heterocycles. The van der Waals surface area contributed by atoms with Gasteiger partial charge in [0, 0.05) is 0 Å². The van der Waals surface area contributed by atoms with E-state index in [2.05, 4.69) is 243 Å². The fraction of sp³-hybridized carbons (Fsp3) is 0. The van der Waals surface area contributed by atoms with Gasteiger partial charge in [0.15, 0.2) is 0 Å². The smallest absolute Gasteiger partial charge is 0.000115 e. The van der Waals surface area contributed by atoms with Gasteiger partial charge in [-0.3, -0.25) is 0 Å². The van der Waals surface area contributed by atoms with Crippen molar-refractivity contribution in [2.75, 3.05) is 0 Å². The summed E-state index contributed by atoms with van der Waals surface area (Å²) in [5.41, 5.74) is 19.9. The Balaban J connectivity index is 1.26. The molecule has 13 rings (SSSR count). The van der Waals surface area contributed by atoms with Gasteiger partial charge in [-0.25, -0.2) is 0 Å². The Morgan fingerprint density at radius 3 is 1.00 bits per heavy atom. The molecule has 2 aliphatic carbocycles. The summed E-state index contributed by atoms with van der Waals surface area (Å²) in [4.78, 5) is 0. The molecule has 0 saturated carbocycles. The van der Waals surface area contributed by atoms with Crippen LogP contribution in [0.3, 0.4) is 0 Å². The van der Waals surface area contributed by atoms with E-state index in [9.17, 15) is 0 Å². The van der Waals surface area contributed by atoms with Crippen LogP contribution in [0.15, 0.2) is 248 Å². The van der Waals surface area contributed by atoms with Crippen molar-refractivity contribution in [3.05, 3.63) is 282 Å². The largest absolute Gasteiger partial charge is 0.0622 e. The zero-order valence-corrected chi connectivity index (χ0v) is 35.1. The standard InChI is InChI=1S/C64H40/c1-5-19-41(20-6-1)55-39-57-58(40-56(55)42-21-7-2-8-22-42)63-62(54-34-18-32-50-48-30-16-14-24-44(48)36-38-52(50)54)59(45-25-9-3-10-26-45)60(46-27-11-4-12-28-46)64(63)61(57)53-33-17-31-49-47-29-15-13-23-43(47)35-37-51(49)53/h1-40H. The van der Waals surface area contributed by atoms with Crippen molar-refractivity contribution in [3.8, 4) is 22.3 Å². The van der Waals surface area contributed by atoms with Crippen molar-refractivity contribution in [1.82, 2.24) is 0 Å². The highest BCUT2D eigenvalue weighted by Crippen LogP contribution is 2.63. The van der Waals surface area contributed by atoms with E-state index >= 15 is 0 Å². The summed E-state index contributed by atoms with van der Waals surface area (Å²) < 4.78 is 0. The van der Waals surface area contributed by atoms with Gasteiger partial charge in [0.1, 0.15) is 0 Å². The Hall–Kier alpha value is -8.32. The Labute approximate surface area is 373 Å². The third-order valence-electron chi connectivity index (χ3n) is 13.6. The average molecular weight is 809 g/mol. The van der Waals surface area contributed by atoms with Gasteiger partial charge >= 0.3 is 0 Å². The van der Waals surface area contributed by atoms with Gasteiger partial charge in [-0.2, -0.15) is 0 Å². The van der Waals surface area contributed by atoms with E-state index in [0.717, 1.165) is 0 Å². The maximum atomic E-state index is 2.52. The number of fused-ring (bicyclic) bond motifs is 9. The molecule has 0 bridgehead atoms. The third kappa shape index (κ3) is 5.56. The molecule has 0 atom stereocenters. The van der Waals surface area contributed by atoms with Crippen molar-refractivity contribution in [3.63, 3.8) is 0 Å². The van der Waals surface area contributed by atoms with Crippen molar-refractivity contribution in [1.29, 1.82) is 0 Å². The summed E-state index contributed by atoms with van der Waals surface area (Å²) in [5.74, 6) is 0. The van der Waals surface area contributed by atoms with E-state index in [0.29, 0.717) is 0 Å². The van der Waals surface area contributed by atoms with E-state index in [1.54, 1.807) is 0 Å². The minimum atomic E-state index is 1.20. The van der Waals surface area contributed by atoms with Crippen molar-refractivity contribution in [2.45, 2.75) is 0 Å². The molecule has 0 saturated heterocycles. The molecule has 0 spiro atoms. The first-order valence-corrected chi connectivity index (χ1v) is 22.3. The van der Waals surface area contributed by atoms with E-state index in [-0.39, 0.29) is 0 Å². The van der Waals surface area contributed by atoms with Gasteiger partial charge in [0.05, 0.1) is 0 Å². The van der Waals surface area contributed by atoms with E-state index < -0.39 is 0 Å². The van der Waals surface area contributed by atoms with Gasteiger partial charge in [-0.1, -0.05) is 231 Å². The van der Waals surface area contributed by atoms with Gasteiger partial charge < -0.3 is 0 Å². The van der Waals surface area contributed by atoms with Crippen molar-refractivity contribution >= 4 is 71.0 Å². The first-order chi connectivity index (χ1) is 31.8. The summed E-state index contributed by atoms with van der Waals surface area (Å²) in [5, 5.41) is 10.1. The molecule has 296 valence electrons. The van der Waals surface area contributed by atoms with Crippen LogP contribution in [0.4, 0.5) is 0 Å². The Morgan fingerprint density at radius 1 is 0.156 bits per heavy atom. The fourth-order valence-electron chi connectivity index (χ4n) is 10.9. The van der Waals surface area contributed by atoms with E-state index in [4.69, 9.17) is 0 Å². The Kier molecular flexibility index (Phi) is 8.32. The van der Waals surface area contributed by atoms with Gasteiger partial charge in [0.25, 0.3) is 0 Å². The first kappa shape index (κ1) is 36.3. The normalized spacial score (nSPS) is 13.4. The summed E-state index contributed by atoms with van der Waals surface area (Å²) in [6.45, 7) is 0. The lowest BCUT2D eigenvalue weighted by atomic mass is 9.83. The zero-order valence-electron chi connectivity index (χ0n) is 35.1. The quantitative estimate of drug-likeness (QED) is 0.147. The number of rotatable bonds is 6. The predicted molar refractivity (Wildman–Crippen MR) is 273 cm³/mol. The molecule has 11 aromatic carbocycles. The first-order valence-electron chi connectivity index (χ1n) is 22.3. The lowest BCUT2D eigenvalue weighted by Gasteiger charge is -2.20. The lowest BCUT2D eigenvalue weighted by Crippen LogP contribution is -1.98. The minimum absolute atomic E-state index is 1.20. The molecule has 0 fully saturated rings. The number of hydrogen-bond donors (Lipinski definition) is 0. The maximum absolute atomic E-state index is 2.52.